The summed E-state index contributed by atoms with van der Waals surface area (Å²) in [4.78, 5) is 2.44. The van der Waals surface area contributed by atoms with E-state index in [1.165, 1.54) is 109 Å². The van der Waals surface area contributed by atoms with E-state index >= 15 is 0 Å². The number of hydrogen-bond acceptors (Lipinski definition) is 2. The van der Waals surface area contributed by atoms with Gasteiger partial charge in [0, 0.05) is 12.1 Å². The first-order chi connectivity index (χ1) is 12.7. The van der Waals surface area contributed by atoms with Crippen molar-refractivity contribution in [2.45, 2.75) is 128 Å². The van der Waals surface area contributed by atoms with Gasteiger partial charge in [-0.2, -0.15) is 0 Å². The summed E-state index contributed by atoms with van der Waals surface area (Å²) in [6, 6.07) is 0. The van der Waals surface area contributed by atoms with Gasteiger partial charge in [-0.3, -0.25) is 0 Å². The summed E-state index contributed by atoms with van der Waals surface area (Å²) in [6.45, 7) is 2.63. The third-order valence-electron chi connectivity index (χ3n) is 7.01. The molecule has 27 heavy (non-hydrogen) atoms. The molecular weight excluding hydrogens is 398 g/mol. The molecule has 0 heterocycles. The van der Waals surface area contributed by atoms with Gasteiger partial charge in [0.2, 0.25) is 0 Å². The predicted octanol–water partition coefficient (Wildman–Crippen LogP) is 7.53. The zero-order valence-electron chi connectivity index (χ0n) is 18.8. The first-order valence-corrected chi connectivity index (χ1v) is 12.0. The highest BCUT2D eigenvalue weighted by molar-refractivity contribution is 8.93. The SMILES string of the molecule is Br.CCCCCCCCCCCCCCC1CCCCC1(CCO)N(C)C. The lowest BCUT2D eigenvalue weighted by Crippen LogP contribution is -2.52. The smallest absolute Gasteiger partial charge is 0.0448 e. The molecule has 2 nitrogen and oxygen atoms in total. The van der Waals surface area contributed by atoms with Gasteiger partial charge in [0.25, 0.3) is 0 Å². The molecule has 1 fully saturated rings. The van der Waals surface area contributed by atoms with Crippen molar-refractivity contribution < 1.29 is 5.11 Å². The van der Waals surface area contributed by atoms with E-state index < -0.39 is 0 Å². The number of halogens is 1. The van der Waals surface area contributed by atoms with Crippen LogP contribution in [0.5, 0.6) is 0 Å². The van der Waals surface area contributed by atoms with E-state index in [-0.39, 0.29) is 22.5 Å². The quantitative estimate of drug-likeness (QED) is 0.247. The lowest BCUT2D eigenvalue weighted by atomic mass is 9.68. The van der Waals surface area contributed by atoms with E-state index in [0.29, 0.717) is 6.61 Å². The topological polar surface area (TPSA) is 23.5 Å². The molecule has 1 rings (SSSR count). The summed E-state index contributed by atoms with van der Waals surface area (Å²) in [5, 5.41) is 9.60. The molecule has 0 aliphatic heterocycles. The van der Waals surface area contributed by atoms with Crippen molar-refractivity contribution in [1.82, 2.24) is 4.90 Å². The van der Waals surface area contributed by atoms with Crippen molar-refractivity contribution in [3.8, 4) is 0 Å². The average Bonchev–Trinajstić information content (AvgIpc) is 2.64. The second-order valence-electron chi connectivity index (χ2n) is 9.09. The number of rotatable bonds is 16. The lowest BCUT2D eigenvalue weighted by molar-refractivity contribution is 0.00949. The third kappa shape index (κ3) is 10.7. The van der Waals surface area contributed by atoms with Gasteiger partial charge in [0.1, 0.15) is 0 Å². The fourth-order valence-electron chi connectivity index (χ4n) is 5.27. The Bertz CT molecular complexity index is 320. The van der Waals surface area contributed by atoms with Gasteiger partial charge >= 0.3 is 0 Å². The van der Waals surface area contributed by atoms with Crippen molar-refractivity contribution in [2.24, 2.45) is 5.92 Å². The van der Waals surface area contributed by atoms with Crippen LogP contribution in [0.2, 0.25) is 0 Å². The molecule has 1 aliphatic rings. The maximum atomic E-state index is 9.60. The van der Waals surface area contributed by atoms with Crippen LogP contribution in [0.25, 0.3) is 0 Å². The van der Waals surface area contributed by atoms with E-state index in [4.69, 9.17) is 0 Å². The minimum absolute atomic E-state index is 0. The number of aliphatic hydroxyl groups excluding tert-OH is 1. The first-order valence-electron chi connectivity index (χ1n) is 12.0. The Hall–Kier alpha value is 0.400. The zero-order chi connectivity index (χ0) is 19.1. The highest BCUT2D eigenvalue weighted by Crippen LogP contribution is 2.42. The van der Waals surface area contributed by atoms with Gasteiger partial charge in [0.15, 0.2) is 0 Å². The molecule has 0 bridgehead atoms. The number of aliphatic hydroxyl groups is 1. The molecule has 0 aromatic carbocycles. The third-order valence-corrected chi connectivity index (χ3v) is 7.01. The van der Waals surface area contributed by atoms with E-state index in [9.17, 15) is 5.11 Å². The standard InChI is InChI=1S/C24H49NO.BrH/c1-4-5-6-7-8-9-10-11-12-13-14-15-18-23-19-16-17-20-24(23,21-22-26)25(2)3;/h23,26H,4-22H2,1-3H3;1H. The summed E-state index contributed by atoms with van der Waals surface area (Å²) < 4.78 is 0. The second-order valence-corrected chi connectivity index (χ2v) is 9.09. The van der Waals surface area contributed by atoms with Crippen molar-refractivity contribution in [3.63, 3.8) is 0 Å². The van der Waals surface area contributed by atoms with Crippen LogP contribution in [0.3, 0.4) is 0 Å². The molecule has 0 spiro atoms. The van der Waals surface area contributed by atoms with Crippen molar-refractivity contribution >= 4 is 17.0 Å². The lowest BCUT2D eigenvalue weighted by Gasteiger charge is -2.49. The molecule has 2 atom stereocenters. The van der Waals surface area contributed by atoms with Crippen LogP contribution in [0, 0.1) is 5.92 Å². The molecule has 2 unspecified atom stereocenters. The van der Waals surface area contributed by atoms with E-state index in [0.717, 1.165) is 12.3 Å². The number of nitrogens with zero attached hydrogens (tertiary/aromatic N) is 1. The van der Waals surface area contributed by atoms with Gasteiger partial charge in [0.05, 0.1) is 0 Å². The molecule has 0 saturated heterocycles. The maximum absolute atomic E-state index is 9.60. The normalized spacial score (nSPS) is 22.8. The van der Waals surface area contributed by atoms with Crippen LogP contribution in [0.1, 0.15) is 122 Å². The summed E-state index contributed by atoms with van der Waals surface area (Å²) in [6.07, 6.45) is 24.9. The Morgan fingerprint density at radius 1 is 0.815 bits per heavy atom. The molecule has 0 amide bonds. The van der Waals surface area contributed by atoms with Gasteiger partial charge in [-0.1, -0.05) is 96.8 Å². The van der Waals surface area contributed by atoms with Crippen molar-refractivity contribution in [1.29, 1.82) is 0 Å². The Morgan fingerprint density at radius 2 is 1.33 bits per heavy atom. The van der Waals surface area contributed by atoms with Gasteiger partial charge in [-0.15, -0.1) is 17.0 Å². The Labute approximate surface area is 181 Å². The summed E-state index contributed by atoms with van der Waals surface area (Å²) in [5.74, 6) is 0.793. The van der Waals surface area contributed by atoms with Crippen LogP contribution in [0.15, 0.2) is 0 Å². The summed E-state index contributed by atoms with van der Waals surface area (Å²) in [7, 11) is 4.46. The fraction of sp³-hybridized carbons (Fsp3) is 1.00. The predicted molar refractivity (Wildman–Crippen MR) is 126 cm³/mol. The van der Waals surface area contributed by atoms with Crippen LogP contribution in [-0.4, -0.2) is 36.2 Å². The van der Waals surface area contributed by atoms with Crippen LogP contribution >= 0.6 is 17.0 Å². The maximum Gasteiger partial charge on any atom is 0.0448 e. The Morgan fingerprint density at radius 3 is 1.81 bits per heavy atom. The van der Waals surface area contributed by atoms with Crippen LogP contribution in [0.4, 0.5) is 0 Å². The summed E-state index contributed by atoms with van der Waals surface area (Å²) >= 11 is 0. The monoisotopic (exact) mass is 447 g/mol. The molecule has 0 radical (unpaired) electrons. The highest BCUT2D eigenvalue weighted by Gasteiger charge is 2.41. The molecule has 0 aromatic heterocycles. The average molecular weight is 449 g/mol. The van der Waals surface area contributed by atoms with Gasteiger partial charge in [-0.05, 0) is 45.7 Å². The summed E-state index contributed by atoms with van der Waals surface area (Å²) in [5.41, 5.74) is 0.269. The highest BCUT2D eigenvalue weighted by atomic mass is 79.9. The van der Waals surface area contributed by atoms with Gasteiger partial charge < -0.3 is 10.0 Å². The second kappa shape index (κ2) is 17.3. The first kappa shape index (κ1) is 27.4. The van der Waals surface area contributed by atoms with E-state index in [1.54, 1.807) is 0 Å². The van der Waals surface area contributed by atoms with Gasteiger partial charge in [-0.25, -0.2) is 0 Å². The minimum atomic E-state index is 0. The molecule has 164 valence electrons. The molecule has 1 N–H and O–H groups in total. The number of hydrogen-bond donors (Lipinski definition) is 1. The molecule has 3 heteroatoms. The van der Waals surface area contributed by atoms with Crippen LogP contribution in [-0.2, 0) is 0 Å². The van der Waals surface area contributed by atoms with Crippen LogP contribution < -0.4 is 0 Å². The van der Waals surface area contributed by atoms with Crippen molar-refractivity contribution in [2.75, 3.05) is 20.7 Å². The minimum Gasteiger partial charge on any atom is -0.396 e. The fourth-order valence-corrected chi connectivity index (χ4v) is 5.27. The number of unbranched alkanes of at least 4 members (excludes halogenated alkanes) is 11. The zero-order valence-corrected chi connectivity index (χ0v) is 20.5. The molecule has 1 aliphatic carbocycles. The molecule has 0 aromatic rings. The van der Waals surface area contributed by atoms with E-state index in [2.05, 4.69) is 25.9 Å². The molecule has 1 saturated carbocycles. The Balaban J connectivity index is 0.00000676. The van der Waals surface area contributed by atoms with Crippen molar-refractivity contribution in [3.05, 3.63) is 0 Å². The Kier molecular flexibility index (Phi) is 17.5. The largest absolute Gasteiger partial charge is 0.396 e. The molecular formula is C24H50BrNO. The van der Waals surface area contributed by atoms with E-state index in [1.807, 2.05) is 0 Å².